The molecule has 174 valence electrons. The minimum absolute atomic E-state index is 0.0233. The second-order valence-electron chi connectivity index (χ2n) is 7.24. The van der Waals surface area contributed by atoms with Crippen molar-refractivity contribution in [2.75, 3.05) is 18.5 Å². The molecule has 0 bridgehead atoms. The highest BCUT2D eigenvalue weighted by Gasteiger charge is 2.24. The van der Waals surface area contributed by atoms with Crippen molar-refractivity contribution in [2.45, 2.75) is 13.8 Å². The number of amides is 1. The van der Waals surface area contributed by atoms with E-state index < -0.39 is 23.3 Å². The molecule has 2 aromatic carbocycles. The molecule has 0 saturated carbocycles. The molecule has 2 heterocycles. The number of aryl methyl sites for hydroxylation is 1. The van der Waals surface area contributed by atoms with Crippen molar-refractivity contribution in [3.8, 4) is 11.4 Å². The number of fused-ring (bicyclic) bond motifs is 1. The number of rotatable bonds is 7. The van der Waals surface area contributed by atoms with Crippen molar-refractivity contribution in [1.82, 2.24) is 9.78 Å². The number of anilines is 1. The maximum absolute atomic E-state index is 14.5. The van der Waals surface area contributed by atoms with Crippen LogP contribution in [0.1, 0.15) is 23.0 Å². The third kappa shape index (κ3) is 4.67. The summed E-state index contributed by atoms with van der Waals surface area (Å²) in [5.74, 6) is -1.44. The third-order valence-electron chi connectivity index (χ3n) is 4.81. The normalized spacial score (nSPS) is 10.8. The summed E-state index contributed by atoms with van der Waals surface area (Å²) in [5, 5.41) is 8.68. The molecule has 10 heteroatoms. The molecule has 0 spiro atoms. The van der Waals surface area contributed by atoms with Crippen molar-refractivity contribution < 1.29 is 23.5 Å². The highest BCUT2D eigenvalue weighted by atomic mass is 32.1. The number of para-hydroxylation sites is 1. The Labute approximate surface area is 197 Å². The standard InChI is InChI=1S/C24H20FN3O5S/c1-3-32-24(31)21-16-13-34-22(26-19(29)12-33-15-8-6-7-14(2)11-15)20(16)23(30)28(27-21)18-10-5-4-9-17(18)25/h4-11,13H,3,12H2,1-2H3,(H,26,29). The van der Waals surface area contributed by atoms with Gasteiger partial charge in [-0.1, -0.05) is 24.3 Å². The monoisotopic (exact) mass is 481 g/mol. The van der Waals surface area contributed by atoms with Crippen molar-refractivity contribution in [3.05, 3.63) is 81.3 Å². The Bertz CT molecular complexity index is 1450. The maximum Gasteiger partial charge on any atom is 0.359 e. The summed E-state index contributed by atoms with van der Waals surface area (Å²) in [6.45, 7) is 3.33. The first kappa shape index (κ1) is 23.1. The molecule has 4 rings (SSSR count). The lowest BCUT2D eigenvalue weighted by molar-refractivity contribution is -0.118. The molecule has 0 saturated heterocycles. The Hall–Kier alpha value is -4.05. The summed E-state index contributed by atoms with van der Waals surface area (Å²) < 4.78 is 25.9. The van der Waals surface area contributed by atoms with Gasteiger partial charge in [0.05, 0.1) is 12.0 Å². The highest BCUT2D eigenvalue weighted by molar-refractivity contribution is 7.16. The lowest BCUT2D eigenvalue weighted by atomic mass is 10.2. The Balaban J connectivity index is 1.73. The lowest BCUT2D eigenvalue weighted by Crippen LogP contribution is -2.27. The molecule has 34 heavy (non-hydrogen) atoms. The molecule has 2 aromatic heterocycles. The number of halogens is 1. The summed E-state index contributed by atoms with van der Waals surface area (Å²) in [6, 6.07) is 12.8. The van der Waals surface area contributed by atoms with E-state index in [4.69, 9.17) is 9.47 Å². The van der Waals surface area contributed by atoms with Crippen LogP contribution < -0.4 is 15.6 Å². The zero-order valence-corrected chi connectivity index (χ0v) is 19.1. The van der Waals surface area contributed by atoms with Crippen molar-refractivity contribution in [1.29, 1.82) is 0 Å². The van der Waals surface area contributed by atoms with Crippen LogP contribution in [0.25, 0.3) is 16.5 Å². The van der Waals surface area contributed by atoms with Crippen LogP contribution in [-0.4, -0.2) is 34.9 Å². The molecule has 0 fully saturated rings. The van der Waals surface area contributed by atoms with Crippen LogP contribution in [0.3, 0.4) is 0 Å². The minimum atomic E-state index is -0.768. The van der Waals surface area contributed by atoms with Crippen LogP contribution in [0.5, 0.6) is 5.75 Å². The van der Waals surface area contributed by atoms with Crippen LogP contribution in [-0.2, 0) is 9.53 Å². The van der Waals surface area contributed by atoms with E-state index in [2.05, 4.69) is 10.4 Å². The van der Waals surface area contributed by atoms with Gasteiger partial charge in [-0.25, -0.2) is 9.18 Å². The number of thiophene rings is 1. The van der Waals surface area contributed by atoms with Crippen LogP contribution in [0.15, 0.2) is 58.7 Å². The van der Waals surface area contributed by atoms with Gasteiger partial charge in [0.25, 0.3) is 11.5 Å². The summed E-state index contributed by atoms with van der Waals surface area (Å²) >= 11 is 1.04. The fourth-order valence-electron chi connectivity index (χ4n) is 3.30. The van der Waals surface area contributed by atoms with Crippen LogP contribution in [0, 0.1) is 12.7 Å². The molecule has 1 N–H and O–H groups in total. The van der Waals surface area contributed by atoms with Gasteiger partial charge in [0.15, 0.2) is 12.3 Å². The van der Waals surface area contributed by atoms with E-state index in [1.54, 1.807) is 25.1 Å². The smallest absolute Gasteiger partial charge is 0.359 e. The van der Waals surface area contributed by atoms with Gasteiger partial charge in [-0.2, -0.15) is 9.78 Å². The number of hydrogen-bond acceptors (Lipinski definition) is 7. The first-order chi connectivity index (χ1) is 16.4. The fourth-order valence-corrected chi connectivity index (χ4v) is 4.25. The second-order valence-corrected chi connectivity index (χ2v) is 8.12. The van der Waals surface area contributed by atoms with Crippen LogP contribution in [0.2, 0.25) is 0 Å². The molecule has 8 nitrogen and oxygen atoms in total. The van der Waals surface area contributed by atoms with Gasteiger partial charge in [-0.3, -0.25) is 9.59 Å². The number of carbonyl (C=O) groups is 2. The van der Waals surface area contributed by atoms with E-state index >= 15 is 0 Å². The molecular formula is C24H20FN3O5S. The number of nitrogens with zero attached hydrogens (tertiary/aromatic N) is 2. The second kappa shape index (κ2) is 9.84. The van der Waals surface area contributed by atoms with Crippen molar-refractivity contribution in [2.24, 2.45) is 0 Å². The number of benzene rings is 2. The van der Waals surface area contributed by atoms with Gasteiger partial charge in [-0.15, -0.1) is 11.3 Å². The van der Waals surface area contributed by atoms with Gasteiger partial charge < -0.3 is 14.8 Å². The van der Waals surface area contributed by atoms with E-state index in [0.29, 0.717) is 5.75 Å². The molecule has 0 radical (unpaired) electrons. The molecule has 1 amide bonds. The molecule has 0 aliphatic carbocycles. The Morgan fingerprint density at radius 3 is 2.71 bits per heavy atom. The highest BCUT2D eigenvalue weighted by Crippen LogP contribution is 2.31. The molecule has 0 aliphatic heterocycles. The Kier molecular flexibility index (Phi) is 6.69. The summed E-state index contributed by atoms with van der Waals surface area (Å²) in [7, 11) is 0. The molecular weight excluding hydrogens is 461 g/mol. The van der Waals surface area contributed by atoms with Crippen molar-refractivity contribution in [3.63, 3.8) is 0 Å². The largest absolute Gasteiger partial charge is 0.484 e. The summed E-state index contributed by atoms with van der Waals surface area (Å²) in [6.07, 6.45) is 0. The number of hydrogen-bond donors (Lipinski definition) is 1. The predicted octanol–water partition coefficient (Wildman–Crippen LogP) is 4.09. The Morgan fingerprint density at radius 1 is 1.18 bits per heavy atom. The fraction of sp³-hybridized carbons (Fsp3) is 0.167. The average molecular weight is 482 g/mol. The van der Waals surface area contributed by atoms with E-state index in [9.17, 15) is 18.8 Å². The van der Waals surface area contributed by atoms with Crippen LogP contribution >= 0.6 is 11.3 Å². The topological polar surface area (TPSA) is 99.5 Å². The van der Waals surface area contributed by atoms with Crippen LogP contribution in [0.4, 0.5) is 9.39 Å². The molecule has 0 atom stereocenters. The van der Waals surface area contributed by atoms with E-state index in [0.717, 1.165) is 21.6 Å². The van der Waals surface area contributed by atoms with E-state index in [-0.39, 0.29) is 40.4 Å². The van der Waals surface area contributed by atoms with E-state index in [1.165, 1.54) is 23.6 Å². The zero-order chi connectivity index (χ0) is 24.2. The summed E-state index contributed by atoms with van der Waals surface area (Å²) in [4.78, 5) is 38.4. The lowest BCUT2D eigenvalue weighted by Gasteiger charge is -2.11. The van der Waals surface area contributed by atoms with Gasteiger partial charge in [0, 0.05) is 10.8 Å². The van der Waals surface area contributed by atoms with Gasteiger partial charge >= 0.3 is 5.97 Å². The number of esters is 1. The SMILES string of the molecule is CCOC(=O)c1nn(-c2ccccc2F)c(=O)c2c(NC(=O)COc3cccc(C)c3)scc12. The number of ether oxygens (including phenoxy) is 2. The predicted molar refractivity (Wildman–Crippen MR) is 126 cm³/mol. The molecule has 4 aromatic rings. The van der Waals surface area contributed by atoms with Gasteiger partial charge in [-0.05, 0) is 43.7 Å². The van der Waals surface area contributed by atoms with Gasteiger partial charge in [0.1, 0.15) is 22.3 Å². The summed E-state index contributed by atoms with van der Waals surface area (Å²) in [5.41, 5.74) is -0.00202. The molecule has 0 aliphatic rings. The maximum atomic E-state index is 14.5. The first-order valence-corrected chi connectivity index (χ1v) is 11.2. The first-order valence-electron chi connectivity index (χ1n) is 10.3. The van der Waals surface area contributed by atoms with Crippen molar-refractivity contribution >= 4 is 39.0 Å². The number of aromatic nitrogens is 2. The molecule has 0 unspecified atom stereocenters. The Morgan fingerprint density at radius 2 is 1.97 bits per heavy atom. The van der Waals surface area contributed by atoms with E-state index in [1.807, 2.05) is 19.1 Å². The minimum Gasteiger partial charge on any atom is -0.484 e. The average Bonchev–Trinajstić information content (AvgIpc) is 3.23. The zero-order valence-electron chi connectivity index (χ0n) is 18.3. The number of carbonyl (C=O) groups excluding carboxylic acids is 2. The quantitative estimate of drug-likeness (QED) is 0.399. The van der Waals surface area contributed by atoms with Gasteiger partial charge in [0.2, 0.25) is 0 Å². The number of nitrogens with one attached hydrogen (secondary N) is 1. The third-order valence-corrected chi connectivity index (χ3v) is 5.71.